The van der Waals surface area contributed by atoms with Crippen LogP contribution in [0.2, 0.25) is 0 Å². The molecule has 0 saturated carbocycles. The van der Waals surface area contributed by atoms with Gasteiger partial charge in [-0.05, 0) is 47.7 Å². The zero-order chi connectivity index (χ0) is 28.6. The Morgan fingerprint density at radius 2 is 2.17 bits per heavy atom. The van der Waals surface area contributed by atoms with Gasteiger partial charge in [-0.3, -0.25) is 14.3 Å². The fourth-order valence-corrected chi connectivity index (χ4v) is 4.50. The molecule has 2 aliphatic rings. The van der Waals surface area contributed by atoms with Crippen molar-refractivity contribution in [1.82, 2.24) is 14.9 Å². The van der Waals surface area contributed by atoms with E-state index in [4.69, 9.17) is 14.2 Å². The molecule has 0 radical (unpaired) electrons. The Balaban J connectivity index is 1.27. The van der Waals surface area contributed by atoms with Gasteiger partial charge in [-0.1, -0.05) is 6.07 Å². The van der Waals surface area contributed by atoms with Crippen LogP contribution in [0.5, 0.6) is 11.8 Å². The van der Waals surface area contributed by atoms with Crippen molar-refractivity contribution in [3.63, 3.8) is 0 Å². The van der Waals surface area contributed by atoms with Crippen LogP contribution in [0.1, 0.15) is 19.4 Å². The molecular weight excluding hydrogens is 527 g/mol. The molecule has 206 valence electrons. The van der Waals surface area contributed by atoms with Gasteiger partial charge < -0.3 is 29.6 Å². The first-order chi connectivity index (χ1) is 19.0. The zero-order valence-electron chi connectivity index (χ0n) is 21.4. The normalized spacial score (nSPS) is 19.4. The maximum absolute atomic E-state index is 15.2. The lowest BCUT2D eigenvalue weighted by atomic mass is 10.0. The Hall–Kier alpha value is -5.19. The third kappa shape index (κ3) is 5.21. The summed E-state index contributed by atoms with van der Waals surface area (Å²) in [5.41, 5.74) is 0.235. The summed E-state index contributed by atoms with van der Waals surface area (Å²) in [7, 11) is 0. The molecule has 1 fully saturated rings. The fourth-order valence-electron chi connectivity index (χ4n) is 4.50. The summed E-state index contributed by atoms with van der Waals surface area (Å²) in [4.78, 5) is 38.8. The predicted molar refractivity (Wildman–Crippen MR) is 136 cm³/mol. The van der Waals surface area contributed by atoms with Crippen molar-refractivity contribution in [2.75, 3.05) is 24.6 Å². The highest BCUT2D eigenvalue weighted by Gasteiger charge is 2.41. The lowest BCUT2D eigenvalue weighted by molar-refractivity contribution is -0.389. The molecule has 2 atom stereocenters. The van der Waals surface area contributed by atoms with Crippen LogP contribution in [0.15, 0.2) is 42.6 Å². The van der Waals surface area contributed by atoms with Crippen LogP contribution in [0.25, 0.3) is 11.1 Å². The quantitative estimate of drug-likeness (QED) is 0.328. The number of nitriles is 1. The average molecular weight is 551 g/mol. The van der Waals surface area contributed by atoms with E-state index in [1.807, 2.05) is 0 Å². The van der Waals surface area contributed by atoms with Crippen LogP contribution < -0.4 is 19.7 Å². The highest BCUT2D eigenvalue weighted by molar-refractivity contribution is 5.90. The van der Waals surface area contributed by atoms with Gasteiger partial charge in [0.15, 0.2) is 5.60 Å². The van der Waals surface area contributed by atoms with Crippen LogP contribution in [0, 0.1) is 27.3 Å². The van der Waals surface area contributed by atoms with E-state index in [1.54, 1.807) is 25.1 Å². The molecule has 40 heavy (non-hydrogen) atoms. The molecule has 0 aliphatic carbocycles. The van der Waals surface area contributed by atoms with Crippen molar-refractivity contribution >= 4 is 23.5 Å². The number of carbonyl (C=O) groups excluding carboxylic acids is 2. The van der Waals surface area contributed by atoms with Gasteiger partial charge in [0.1, 0.15) is 36.5 Å². The van der Waals surface area contributed by atoms with Gasteiger partial charge in [0, 0.05) is 17.5 Å². The molecule has 14 heteroatoms. The fraction of sp³-hybridized carbons (Fsp3) is 0.308. The molecule has 1 N–H and O–H groups in total. The van der Waals surface area contributed by atoms with Gasteiger partial charge >= 0.3 is 17.9 Å². The summed E-state index contributed by atoms with van der Waals surface area (Å²) in [6, 6.07) is 11.1. The zero-order valence-corrected chi connectivity index (χ0v) is 21.4. The van der Waals surface area contributed by atoms with Gasteiger partial charge in [-0.2, -0.15) is 5.26 Å². The van der Waals surface area contributed by atoms with E-state index in [9.17, 15) is 25.0 Å². The first kappa shape index (κ1) is 26.4. The number of imidazole rings is 1. The van der Waals surface area contributed by atoms with Gasteiger partial charge in [-0.15, -0.1) is 0 Å². The highest BCUT2D eigenvalue weighted by atomic mass is 19.1. The Morgan fingerprint density at radius 3 is 2.85 bits per heavy atom. The summed E-state index contributed by atoms with van der Waals surface area (Å²) in [6.07, 6.45) is 0.0890. The number of nitrogens with zero attached hydrogens (tertiary/aromatic N) is 5. The van der Waals surface area contributed by atoms with Crippen molar-refractivity contribution in [3.05, 3.63) is 64.1 Å². The van der Waals surface area contributed by atoms with Crippen molar-refractivity contribution in [3.8, 4) is 29.0 Å². The second-order valence-corrected chi connectivity index (χ2v) is 9.65. The van der Waals surface area contributed by atoms with Gasteiger partial charge in [-0.25, -0.2) is 9.18 Å². The minimum absolute atomic E-state index is 0.0239. The number of fused-ring (bicyclic) bond motifs is 1. The Bertz CT molecular complexity index is 1540. The second kappa shape index (κ2) is 10.2. The number of carbonyl (C=O) groups is 2. The molecular formula is C26H23FN6O7. The molecule has 1 saturated heterocycles. The monoisotopic (exact) mass is 550 g/mol. The third-order valence-corrected chi connectivity index (χ3v) is 6.42. The molecule has 5 rings (SSSR count). The number of benzene rings is 2. The van der Waals surface area contributed by atoms with E-state index in [-0.39, 0.29) is 60.9 Å². The minimum Gasteiger partial charge on any atom is -0.488 e. The van der Waals surface area contributed by atoms with Crippen molar-refractivity contribution in [2.45, 2.75) is 32.1 Å². The van der Waals surface area contributed by atoms with Crippen molar-refractivity contribution in [2.24, 2.45) is 0 Å². The van der Waals surface area contributed by atoms with Gasteiger partial charge in [0.05, 0.1) is 30.9 Å². The molecule has 2 aliphatic heterocycles. The number of hydrogen-bond donors (Lipinski definition) is 1. The molecule has 1 unspecified atom stereocenters. The third-order valence-electron chi connectivity index (χ3n) is 6.42. The maximum atomic E-state index is 15.2. The number of halogens is 1. The molecule has 3 aromatic rings. The number of aromatic nitrogens is 2. The lowest BCUT2D eigenvalue weighted by Gasteiger charge is -2.22. The van der Waals surface area contributed by atoms with Crippen molar-refractivity contribution < 1.29 is 33.1 Å². The summed E-state index contributed by atoms with van der Waals surface area (Å²) in [5.74, 6) is -0.913. The van der Waals surface area contributed by atoms with Crippen molar-refractivity contribution in [1.29, 1.82) is 5.26 Å². The number of anilines is 1. The topological polar surface area (TPSA) is 162 Å². The van der Waals surface area contributed by atoms with Gasteiger partial charge in [0.25, 0.3) is 0 Å². The first-order valence-electron chi connectivity index (χ1n) is 12.2. The van der Waals surface area contributed by atoms with E-state index in [2.05, 4.69) is 16.4 Å². The Labute approximate surface area is 226 Å². The number of nitrogens with one attached hydrogen (secondary N) is 1. The van der Waals surface area contributed by atoms with E-state index in [0.717, 1.165) is 0 Å². The van der Waals surface area contributed by atoms with Crippen LogP contribution in [-0.2, 0) is 16.1 Å². The van der Waals surface area contributed by atoms with Crippen LogP contribution in [0.3, 0.4) is 0 Å². The van der Waals surface area contributed by atoms with E-state index < -0.39 is 28.5 Å². The smallest absolute Gasteiger partial charge is 0.415 e. The summed E-state index contributed by atoms with van der Waals surface area (Å²) >= 11 is 0. The van der Waals surface area contributed by atoms with Crippen LogP contribution in [0.4, 0.5) is 20.7 Å². The van der Waals surface area contributed by atoms with E-state index >= 15 is 4.39 Å². The molecule has 2 aromatic carbocycles. The largest absolute Gasteiger partial charge is 0.488 e. The number of hydrogen-bond acceptors (Lipinski definition) is 9. The average Bonchev–Trinajstić information content (AvgIpc) is 3.57. The van der Waals surface area contributed by atoms with E-state index in [1.165, 1.54) is 40.8 Å². The minimum atomic E-state index is -0.872. The number of cyclic esters (lactones) is 1. The Kier molecular flexibility index (Phi) is 6.72. The highest BCUT2D eigenvalue weighted by Crippen LogP contribution is 2.34. The molecule has 1 aromatic heterocycles. The number of nitro groups is 1. The number of rotatable bonds is 8. The second-order valence-electron chi connectivity index (χ2n) is 9.65. The van der Waals surface area contributed by atoms with E-state index in [0.29, 0.717) is 11.3 Å². The standard InChI is InChI=1S/C26H23FN6O7/c1-15(34)29-10-19-11-32(25(35)39-19)18-4-5-20(21(27)8-18)16-3-6-22(17(7-16)9-28)38-14-26(2)13-31-12-23(33(36)37)30-24(31)40-26/h3-8,12,19H,10-11,13-14H2,1-2H3,(H,29,34)/t19-,26?/m0/s1. The first-order valence-corrected chi connectivity index (χ1v) is 12.2. The SMILES string of the molecule is CC(=O)NC[C@H]1CN(c2ccc(-c3ccc(OCC4(C)Cn5cc([N+](=O)[O-])nc5O4)c(C#N)c3)c(F)c2)C(=O)O1. The molecule has 0 spiro atoms. The number of ether oxygens (including phenoxy) is 3. The summed E-state index contributed by atoms with van der Waals surface area (Å²) in [6.45, 7) is 3.71. The van der Waals surface area contributed by atoms with Gasteiger partial charge in [0.2, 0.25) is 5.91 Å². The Morgan fingerprint density at radius 1 is 1.38 bits per heavy atom. The lowest BCUT2D eigenvalue weighted by Crippen LogP contribution is -2.38. The molecule has 2 amide bonds. The summed E-state index contributed by atoms with van der Waals surface area (Å²) in [5, 5.41) is 23.2. The summed E-state index contributed by atoms with van der Waals surface area (Å²) < 4.78 is 33.5. The molecule has 0 bridgehead atoms. The molecule has 13 nitrogen and oxygen atoms in total. The maximum Gasteiger partial charge on any atom is 0.415 e. The predicted octanol–water partition coefficient (Wildman–Crippen LogP) is 3.16. The van der Waals surface area contributed by atoms with Crippen LogP contribution >= 0.6 is 0 Å². The number of amides is 2. The molecule has 3 heterocycles. The van der Waals surface area contributed by atoms with Crippen LogP contribution in [-0.4, -0.2) is 57.9 Å².